The average Bonchev–Trinajstić information content (AvgIpc) is 4.03. The summed E-state index contributed by atoms with van der Waals surface area (Å²) in [5, 5.41) is 7.11. The van der Waals surface area contributed by atoms with E-state index in [2.05, 4.69) is 205 Å². The van der Waals surface area contributed by atoms with Crippen molar-refractivity contribution in [3.8, 4) is 27.9 Å². The number of anilines is 2. The van der Waals surface area contributed by atoms with Crippen molar-refractivity contribution in [3.05, 3.63) is 161 Å². The summed E-state index contributed by atoms with van der Waals surface area (Å²) >= 11 is 0. The number of fused-ring (bicyclic) bond motifs is 18. The summed E-state index contributed by atoms with van der Waals surface area (Å²) in [4.78, 5) is 2.69. The Labute approximate surface area is 397 Å². The minimum Gasteiger partial charge on any atom is -0.456 e. The van der Waals surface area contributed by atoms with E-state index >= 15 is 0 Å². The van der Waals surface area contributed by atoms with Crippen LogP contribution in [0.15, 0.2) is 142 Å². The molecule has 5 heteroatoms. The van der Waals surface area contributed by atoms with Crippen LogP contribution in [0.4, 0.5) is 11.4 Å². The summed E-state index contributed by atoms with van der Waals surface area (Å²) in [5.41, 5.74) is 24.6. The maximum absolute atomic E-state index is 7.05. The van der Waals surface area contributed by atoms with Crippen LogP contribution in [0.25, 0.3) is 93.6 Å². The van der Waals surface area contributed by atoms with E-state index in [1.807, 2.05) is 0 Å². The molecular weight excluding hydrogens is 828 g/mol. The fourth-order valence-corrected chi connectivity index (χ4v) is 13.5. The van der Waals surface area contributed by atoms with Gasteiger partial charge >= 0.3 is 6.85 Å². The highest BCUT2D eigenvalue weighted by molar-refractivity contribution is 6.93. The number of aromatic nitrogens is 1. The van der Waals surface area contributed by atoms with E-state index in [1.54, 1.807) is 0 Å². The van der Waals surface area contributed by atoms with Crippen LogP contribution in [0.5, 0.6) is 0 Å². The molecule has 11 aromatic rings. The van der Waals surface area contributed by atoms with Gasteiger partial charge in [0.1, 0.15) is 22.3 Å². The molecule has 8 aromatic carbocycles. The van der Waals surface area contributed by atoms with E-state index in [-0.39, 0.29) is 28.5 Å². The van der Waals surface area contributed by atoms with Gasteiger partial charge in [0.15, 0.2) is 0 Å². The SMILES string of the molecule is CC(C)(C)c1ccc(N2B3c4cc5c(cc4-n4c6cc7c(cc6c6ccc(c3c64)-c3cc4oc6cc8c(cc6c4cc32)C(C)(C)CCC8(C)C)oc2ccccc27)-c2ccccc2C5(C)C)cc1. The Hall–Kier alpha value is -6.98. The van der Waals surface area contributed by atoms with Crippen LogP contribution in [0.1, 0.15) is 103 Å². The van der Waals surface area contributed by atoms with Gasteiger partial charge in [-0.2, -0.15) is 0 Å². The van der Waals surface area contributed by atoms with Crippen LogP contribution in [-0.2, 0) is 21.7 Å². The van der Waals surface area contributed by atoms with Crippen molar-refractivity contribution in [2.24, 2.45) is 0 Å². The molecule has 4 nitrogen and oxygen atoms in total. The first kappa shape index (κ1) is 39.1. The van der Waals surface area contributed by atoms with Crippen LogP contribution >= 0.6 is 0 Å². The molecule has 2 aliphatic heterocycles. The monoisotopic (exact) mass is 880 g/mol. The quantitative estimate of drug-likeness (QED) is 0.154. The number of para-hydroxylation sites is 1. The van der Waals surface area contributed by atoms with E-state index in [1.165, 1.54) is 117 Å². The van der Waals surface area contributed by atoms with Gasteiger partial charge in [-0.25, -0.2) is 0 Å². The molecular formula is C63H53BN2O2. The third-order valence-corrected chi connectivity index (χ3v) is 17.4. The van der Waals surface area contributed by atoms with Crippen LogP contribution in [-0.4, -0.2) is 11.4 Å². The van der Waals surface area contributed by atoms with E-state index < -0.39 is 0 Å². The molecule has 3 aromatic heterocycles. The molecule has 0 saturated heterocycles. The van der Waals surface area contributed by atoms with Gasteiger partial charge in [-0.15, -0.1) is 0 Å². The van der Waals surface area contributed by atoms with Gasteiger partial charge in [-0.3, -0.25) is 0 Å². The summed E-state index contributed by atoms with van der Waals surface area (Å²) in [5.74, 6) is 0. The molecule has 15 rings (SSSR count). The lowest BCUT2D eigenvalue weighted by molar-refractivity contribution is 0.332. The van der Waals surface area contributed by atoms with Crippen molar-refractivity contribution in [2.75, 3.05) is 4.81 Å². The van der Waals surface area contributed by atoms with Crippen LogP contribution in [0.3, 0.4) is 0 Å². The van der Waals surface area contributed by atoms with Gasteiger partial charge < -0.3 is 18.2 Å². The minimum atomic E-state index is -0.175. The third-order valence-electron chi connectivity index (χ3n) is 17.4. The molecule has 2 aliphatic carbocycles. The molecule has 5 heterocycles. The molecule has 0 unspecified atom stereocenters. The van der Waals surface area contributed by atoms with Crippen LogP contribution in [0.2, 0.25) is 0 Å². The zero-order valence-electron chi connectivity index (χ0n) is 40.4. The summed E-state index contributed by atoms with van der Waals surface area (Å²) in [6.07, 6.45) is 2.33. The second-order valence-corrected chi connectivity index (χ2v) is 23.5. The van der Waals surface area contributed by atoms with Crippen molar-refractivity contribution < 1.29 is 8.83 Å². The standard InChI is InChI=1S/C63H53BN2O2/c1-60(2,3)34-18-20-35(21-19-34)66-52-29-45-43-26-48-49(62(6,7)25-24-61(48,4)5)33-57(43)68-56(45)30-41(52)38-22-23-39-42-31-55-44(37-15-11-13-17-54(37)67-55)28-51(42)65-53-27-40-36-14-10-12-16-46(36)63(8,9)47(40)32-50(53)64(66)58(38)59(39)65/h10-23,26-33H,24-25H2,1-9H3. The Morgan fingerprint density at radius 3 is 1.96 bits per heavy atom. The summed E-state index contributed by atoms with van der Waals surface area (Å²) < 4.78 is 16.3. The average molecular weight is 881 g/mol. The lowest BCUT2D eigenvalue weighted by Crippen LogP contribution is -2.60. The maximum atomic E-state index is 7.05. The second-order valence-electron chi connectivity index (χ2n) is 23.5. The third kappa shape index (κ3) is 4.82. The van der Waals surface area contributed by atoms with E-state index in [4.69, 9.17) is 8.83 Å². The minimum absolute atomic E-state index is 0.0183. The van der Waals surface area contributed by atoms with Gasteiger partial charge in [-0.1, -0.05) is 135 Å². The van der Waals surface area contributed by atoms with Crippen molar-refractivity contribution >= 4 is 94.8 Å². The molecule has 0 bridgehead atoms. The normalized spacial score (nSPS) is 17.1. The van der Waals surface area contributed by atoms with Crippen LogP contribution < -0.4 is 15.7 Å². The number of rotatable bonds is 1. The number of nitrogens with zero attached hydrogens (tertiary/aromatic N) is 2. The molecule has 330 valence electrons. The van der Waals surface area contributed by atoms with Gasteiger partial charge in [0, 0.05) is 60.4 Å². The van der Waals surface area contributed by atoms with E-state index in [0.717, 1.165) is 39.5 Å². The second kappa shape index (κ2) is 12.4. The highest BCUT2D eigenvalue weighted by atomic mass is 16.3. The van der Waals surface area contributed by atoms with E-state index in [9.17, 15) is 0 Å². The zero-order chi connectivity index (χ0) is 46.1. The Bertz CT molecular complexity index is 4110. The number of benzene rings is 8. The highest BCUT2D eigenvalue weighted by Gasteiger charge is 2.47. The number of furan rings is 2. The van der Waals surface area contributed by atoms with Gasteiger partial charge in [0.25, 0.3) is 0 Å². The lowest BCUT2D eigenvalue weighted by Gasteiger charge is -2.42. The maximum Gasteiger partial charge on any atom is 0.333 e. The Morgan fingerprint density at radius 2 is 1.16 bits per heavy atom. The predicted octanol–water partition coefficient (Wildman–Crippen LogP) is 15.8. The number of hydrogen-bond acceptors (Lipinski definition) is 3. The fraction of sp³-hybridized carbons (Fsp3) is 0.238. The largest absolute Gasteiger partial charge is 0.456 e. The van der Waals surface area contributed by atoms with E-state index in [0.29, 0.717) is 0 Å². The molecule has 0 spiro atoms. The van der Waals surface area contributed by atoms with Gasteiger partial charge in [0.05, 0.1) is 11.0 Å². The summed E-state index contributed by atoms with van der Waals surface area (Å²) in [6, 6.07) is 51.4. The van der Waals surface area contributed by atoms with Crippen LogP contribution in [0, 0.1) is 0 Å². The molecule has 4 aliphatic rings. The Morgan fingerprint density at radius 1 is 0.485 bits per heavy atom. The summed E-state index contributed by atoms with van der Waals surface area (Å²) in [6.45, 7) is 21.3. The molecule has 0 amide bonds. The molecule has 0 fully saturated rings. The predicted molar refractivity (Wildman–Crippen MR) is 286 cm³/mol. The molecule has 0 atom stereocenters. The first-order valence-corrected chi connectivity index (χ1v) is 24.7. The fourth-order valence-electron chi connectivity index (χ4n) is 13.5. The topological polar surface area (TPSA) is 34.5 Å². The van der Waals surface area contributed by atoms with Crippen molar-refractivity contribution in [2.45, 2.75) is 96.8 Å². The number of hydrogen-bond donors (Lipinski definition) is 0. The van der Waals surface area contributed by atoms with Gasteiger partial charge in [0.2, 0.25) is 0 Å². The van der Waals surface area contributed by atoms with Gasteiger partial charge in [-0.05, 0) is 145 Å². The van der Waals surface area contributed by atoms with Crippen molar-refractivity contribution in [3.63, 3.8) is 0 Å². The van der Waals surface area contributed by atoms with Crippen molar-refractivity contribution in [1.82, 2.24) is 4.57 Å². The Kier molecular flexibility index (Phi) is 7.11. The zero-order valence-corrected chi connectivity index (χ0v) is 40.4. The lowest BCUT2D eigenvalue weighted by atomic mass is 9.43. The molecule has 68 heavy (non-hydrogen) atoms. The highest BCUT2D eigenvalue weighted by Crippen LogP contribution is 2.54. The molecule has 0 saturated carbocycles. The molecule has 0 N–H and O–H groups in total. The summed E-state index contributed by atoms with van der Waals surface area (Å²) in [7, 11) is 0. The molecule has 0 radical (unpaired) electrons. The smallest absolute Gasteiger partial charge is 0.333 e. The van der Waals surface area contributed by atoms with Crippen molar-refractivity contribution in [1.29, 1.82) is 0 Å². The first-order valence-electron chi connectivity index (χ1n) is 24.7. The first-order chi connectivity index (χ1) is 32.6. The Balaban J connectivity index is 1.09.